The van der Waals surface area contributed by atoms with Crippen molar-refractivity contribution in [3.63, 3.8) is 0 Å². The average molecular weight is 275 g/mol. The topological polar surface area (TPSA) is 65.5 Å². The third kappa shape index (κ3) is 3.17. The van der Waals surface area contributed by atoms with Crippen LogP contribution in [0.3, 0.4) is 0 Å². The van der Waals surface area contributed by atoms with E-state index in [2.05, 4.69) is 9.72 Å². The first-order chi connectivity index (χ1) is 9.60. The predicted molar refractivity (Wildman–Crippen MR) is 66.9 cm³/mol. The van der Waals surface area contributed by atoms with Crippen LogP contribution in [0.15, 0.2) is 42.6 Å². The van der Waals surface area contributed by atoms with Gasteiger partial charge in [0.1, 0.15) is 5.75 Å². The van der Waals surface area contributed by atoms with Gasteiger partial charge in [-0.1, -0.05) is 0 Å². The van der Waals surface area contributed by atoms with Gasteiger partial charge in [0, 0.05) is 6.20 Å². The minimum absolute atomic E-state index is 0.128. The summed E-state index contributed by atoms with van der Waals surface area (Å²) in [6, 6.07) is 8.20. The maximum Gasteiger partial charge on any atom is 0.345 e. The summed E-state index contributed by atoms with van der Waals surface area (Å²) in [4.78, 5) is 26.3. The highest BCUT2D eigenvalue weighted by molar-refractivity contribution is 5.91. The molecule has 0 aliphatic rings. The summed E-state index contributed by atoms with van der Waals surface area (Å²) in [5.41, 5.74) is 0.471. The quantitative estimate of drug-likeness (QED) is 0.488. The van der Waals surface area contributed by atoms with Gasteiger partial charge < -0.3 is 9.47 Å². The number of benzene rings is 1. The Kier molecular flexibility index (Phi) is 4.05. The monoisotopic (exact) mass is 275 g/mol. The number of hydrogen-bond donors (Lipinski definition) is 0. The molecule has 1 aromatic heterocycles. The van der Waals surface area contributed by atoms with Crippen LogP contribution in [0, 0.1) is 5.95 Å². The third-order valence-electron chi connectivity index (χ3n) is 2.45. The minimum Gasteiger partial charge on any atom is -0.465 e. The van der Waals surface area contributed by atoms with Crippen molar-refractivity contribution in [3.05, 3.63) is 59.7 Å². The van der Waals surface area contributed by atoms with Gasteiger partial charge in [-0.2, -0.15) is 4.39 Å². The third-order valence-corrected chi connectivity index (χ3v) is 2.45. The zero-order valence-corrected chi connectivity index (χ0v) is 10.5. The molecular weight excluding hydrogens is 265 g/mol. The Morgan fingerprint density at radius 1 is 1.00 bits per heavy atom. The van der Waals surface area contributed by atoms with Gasteiger partial charge in [0.15, 0.2) is 0 Å². The van der Waals surface area contributed by atoms with Crippen molar-refractivity contribution in [1.29, 1.82) is 0 Å². The summed E-state index contributed by atoms with van der Waals surface area (Å²) in [5, 5.41) is 0. The number of pyridine rings is 1. The highest BCUT2D eigenvalue weighted by atomic mass is 19.1. The van der Waals surface area contributed by atoms with Crippen molar-refractivity contribution in [2.24, 2.45) is 0 Å². The lowest BCUT2D eigenvalue weighted by molar-refractivity contribution is 0.0600. The van der Waals surface area contributed by atoms with Crippen LogP contribution < -0.4 is 4.74 Å². The SMILES string of the molecule is COC(=O)c1ccc(OC(=O)c2ccc(F)nc2)cc1. The first-order valence-electron chi connectivity index (χ1n) is 5.62. The molecular formula is C14H10FNO4. The summed E-state index contributed by atoms with van der Waals surface area (Å²) in [6.07, 6.45) is 1.08. The van der Waals surface area contributed by atoms with Gasteiger partial charge in [-0.15, -0.1) is 0 Å². The lowest BCUT2D eigenvalue weighted by Gasteiger charge is -2.05. The van der Waals surface area contributed by atoms with Crippen LogP contribution in [-0.4, -0.2) is 24.0 Å². The molecule has 5 nitrogen and oxygen atoms in total. The first kappa shape index (κ1) is 13.7. The summed E-state index contributed by atoms with van der Waals surface area (Å²) < 4.78 is 22.2. The Morgan fingerprint density at radius 3 is 2.20 bits per heavy atom. The van der Waals surface area contributed by atoms with E-state index in [4.69, 9.17) is 4.74 Å². The molecule has 102 valence electrons. The lowest BCUT2D eigenvalue weighted by Crippen LogP contribution is -2.09. The number of esters is 2. The molecule has 2 rings (SSSR count). The predicted octanol–water partition coefficient (Wildman–Crippen LogP) is 2.23. The average Bonchev–Trinajstić information content (AvgIpc) is 2.48. The maximum absolute atomic E-state index is 12.6. The smallest absolute Gasteiger partial charge is 0.345 e. The number of aromatic nitrogens is 1. The summed E-state index contributed by atoms with van der Waals surface area (Å²) >= 11 is 0. The molecule has 0 unspecified atom stereocenters. The Hall–Kier alpha value is -2.76. The minimum atomic E-state index is -0.677. The van der Waals surface area contributed by atoms with Crippen LogP contribution in [0.2, 0.25) is 0 Å². The van der Waals surface area contributed by atoms with E-state index in [9.17, 15) is 14.0 Å². The number of rotatable bonds is 3. The zero-order valence-electron chi connectivity index (χ0n) is 10.5. The van der Waals surface area contributed by atoms with Crippen LogP contribution in [0.4, 0.5) is 4.39 Å². The molecule has 0 amide bonds. The Morgan fingerprint density at radius 2 is 1.65 bits per heavy atom. The fourth-order valence-electron chi connectivity index (χ4n) is 1.44. The highest BCUT2D eigenvalue weighted by Gasteiger charge is 2.10. The molecule has 20 heavy (non-hydrogen) atoms. The van der Waals surface area contributed by atoms with E-state index in [1.807, 2.05) is 0 Å². The second-order valence-electron chi connectivity index (χ2n) is 3.78. The summed E-state index contributed by atoms with van der Waals surface area (Å²) in [6.45, 7) is 0. The van der Waals surface area contributed by atoms with Crippen LogP contribution >= 0.6 is 0 Å². The van der Waals surface area contributed by atoms with E-state index in [0.717, 1.165) is 12.3 Å². The molecule has 0 radical (unpaired) electrons. The molecule has 0 saturated heterocycles. The molecule has 0 aliphatic carbocycles. The van der Waals surface area contributed by atoms with Gasteiger partial charge in [-0.05, 0) is 36.4 Å². The van der Waals surface area contributed by atoms with Crippen molar-refractivity contribution in [3.8, 4) is 5.75 Å². The van der Waals surface area contributed by atoms with Crippen molar-refractivity contribution < 1.29 is 23.5 Å². The first-order valence-corrected chi connectivity index (χ1v) is 5.62. The second-order valence-corrected chi connectivity index (χ2v) is 3.78. The standard InChI is InChI=1S/C14H10FNO4/c1-19-13(17)9-2-5-11(6-3-9)20-14(18)10-4-7-12(15)16-8-10/h2-8H,1H3. The van der Waals surface area contributed by atoms with Crippen molar-refractivity contribution >= 4 is 11.9 Å². The summed E-state index contributed by atoms with van der Waals surface area (Å²) in [7, 11) is 1.28. The fraction of sp³-hybridized carbons (Fsp3) is 0.0714. The van der Waals surface area contributed by atoms with E-state index < -0.39 is 17.9 Å². The van der Waals surface area contributed by atoms with Crippen LogP contribution in [0.5, 0.6) is 5.75 Å². The molecule has 0 spiro atoms. The van der Waals surface area contributed by atoms with E-state index in [1.54, 1.807) is 0 Å². The molecule has 0 fully saturated rings. The molecule has 6 heteroatoms. The molecule has 2 aromatic rings. The number of nitrogens with zero attached hydrogens (tertiary/aromatic N) is 1. The van der Waals surface area contributed by atoms with E-state index >= 15 is 0 Å². The van der Waals surface area contributed by atoms with E-state index in [1.165, 1.54) is 37.4 Å². The molecule has 0 aliphatic heterocycles. The largest absolute Gasteiger partial charge is 0.465 e. The molecule has 1 aromatic carbocycles. The molecule has 1 heterocycles. The van der Waals surface area contributed by atoms with Gasteiger partial charge in [0.05, 0.1) is 18.2 Å². The number of methoxy groups -OCH3 is 1. The van der Waals surface area contributed by atoms with E-state index in [0.29, 0.717) is 5.56 Å². The van der Waals surface area contributed by atoms with Crippen LogP contribution in [0.25, 0.3) is 0 Å². The maximum atomic E-state index is 12.6. The van der Waals surface area contributed by atoms with Crippen molar-refractivity contribution in [1.82, 2.24) is 4.98 Å². The number of hydrogen-bond acceptors (Lipinski definition) is 5. The molecule has 0 bridgehead atoms. The number of halogens is 1. The van der Waals surface area contributed by atoms with Gasteiger partial charge >= 0.3 is 11.9 Å². The van der Waals surface area contributed by atoms with Gasteiger partial charge in [0.2, 0.25) is 5.95 Å². The van der Waals surface area contributed by atoms with Crippen LogP contribution in [-0.2, 0) is 4.74 Å². The molecule has 0 atom stereocenters. The number of ether oxygens (including phenoxy) is 2. The Bertz CT molecular complexity index is 623. The van der Waals surface area contributed by atoms with E-state index in [-0.39, 0.29) is 11.3 Å². The van der Waals surface area contributed by atoms with Gasteiger partial charge in [-0.25, -0.2) is 14.6 Å². The Balaban J connectivity index is 2.08. The lowest BCUT2D eigenvalue weighted by atomic mass is 10.2. The van der Waals surface area contributed by atoms with Crippen LogP contribution in [0.1, 0.15) is 20.7 Å². The second kappa shape index (κ2) is 5.92. The zero-order chi connectivity index (χ0) is 14.5. The normalized spacial score (nSPS) is 9.90. The Labute approximate surface area is 114 Å². The van der Waals surface area contributed by atoms with Crippen molar-refractivity contribution in [2.75, 3.05) is 7.11 Å². The highest BCUT2D eigenvalue weighted by Crippen LogP contribution is 2.14. The number of carbonyl (C=O) groups excluding carboxylic acids is 2. The van der Waals surface area contributed by atoms with Gasteiger partial charge in [0.25, 0.3) is 0 Å². The fourth-order valence-corrected chi connectivity index (χ4v) is 1.44. The van der Waals surface area contributed by atoms with Gasteiger partial charge in [-0.3, -0.25) is 0 Å². The molecule has 0 saturated carbocycles. The number of carbonyl (C=O) groups is 2. The summed E-state index contributed by atoms with van der Waals surface area (Å²) in [5.74, 6) is -1.56. The molecule has 0 N–H and O–H groups in total. The van der Waals surface area contributed by atoms with Crippen molar-refractivity contribution in [2.45, 2.75) is 0 Å².